The largest absolute Gasteiger partial charge is 0.451 e. The minimum absolute atomic E-state index is 0.104. The molecule has 1 amide bonds. The van der Waals surface area contributed by atoms with Gasteiger partial charge in [-0.1, -0.05) is 60.2 Å². The molecule has 0 saturated heterocycles. The maximum Gasteiger partial charge on any atom is 0.356 e. The minimum atomic E-state index is -0.739. The first-order chi connectivity index (χ1) is 16.3. The van der Waals surface area contributed by atoms with E-state index < -0.39 is 18.5 Å². The lowest BCUT2D eigenvalue weighted by atomic mass is 9.96. The number of hydrogen-bond donors (Lipinski definition) is 1. The van der Waals surface area contributed by atoms with Crippen molar-refractivity contribution in [3.05, 3.63) is 99.5 Å². The maximum absolute atomic E-state index is 13.2. The molecule has 6 heteroatoms. The van der Waals surface area contributed by atoms with Crippen molar-refractivity contribution in [2.75, 3.05) is 11.9 Å². The summed E-state index contributed by atoms with van der Waals surface area (Å²) in [4.78, 5) is 38.8. The van der Waals surface area contributed by atoms with Crippen molar-refractivity contribution in [3.63, 3.8) is 0 Å². The lowest BCUT2D eigenvalue weighted by molar-refractivity contribution is -0.119. The van der Waals surface area contributed by atoms with Crippen LogP contribution in [0.3, 0.4) is 0 Å². The average molecular weight is 455 g/mol. The molecule has 3 aromatic carbocycles. The van der Waals surface area contributed by atoms with Gasteiger partial charge in [-0.15, -0.1) is 0 Å². The van der Waals surface area contributed by atoms with E-state index in [9.17, 15) is 14.4 Å². The summed E-state index contributed by atoms with van der Waals surface area (Å²) in [6, 6.07) is 20.5. The van der Waals surface area contributed by atoms with Crippen LogP contribution in [0.2, 0.25) is 0 Å². The first kappa shape index (κ1) is 23.0. The molecule has 0 fully saturated rings. The Kier molecular flexibility index (Phi) is 6.32. The molecule has 0 bridgehead atoms. The van der Waals surface area contributed by atoms with Gasteiger partial charge in [0.2, 0.25) is 0 Å². The smallest absolute Gasteiger partial charge is 0.356 e. The molecule has 0 aliphatic rings. The molecule has 0 spiro atoms. The molecule has 0 saturated carbocycles. The van der Waals surface area contributed by atoms with Crippen molar-refractivity contribution in [1.82, 2.24) is 4.57 Å². The third kappa shape index (κ3) is 4.35. The van der Waals surface area contributed by atoms with E-state index in [0.29, 0.717) is 22.0 Å². The summed E-state index contributed by atoms with van der Waals surface area (Å²) in [5.41, 5.74) is 4.90. The van der Waals surface area contributed by atoms with Crippen LogP contribution in [0, 0.1) is 20.8 Å². The number of anilines is 1. The zero-order chi connectivity index (χ0) is 24.4. The Hall–Kier alpha value is -4.19. The number of carbonyl (C=O) groups excluding carboxylic acids is 2. The predicted octanol–water partition coefficient (Wildman–Crippen LogP) is 4.93. The zero-order valence-corrected chi connectivity index (χ0v) is 19.6. The van der Waals surface area contributed by atoms with Crippen LogP contribution in [0.25, 0.3) is 21.9 Å². The number of rotatable bonds is 5. The first-order valence-electron chi connectivity index (χ1n) is 11.0. The van der Waals surface area contributed by atoms with Crippen LogP contribution >= 0.6 is 0 Å². The molecule has 0 unspecified atom stereocenters. The summed E-state index contributed by atoms with van der Waals surface area (Å²) in [7, 11) is 1.54. The predicted molar refractivity (Wildman–Crippen MR) is 134 cm³/mol. The Labute approximate surface area is 197 Å². The molecule has 172 valence electrons. The Morgan fingerprint density at radius 3 is 2.26 bits per heavy atom. The SMILES string of the molecule is Cc1ccc(-c2c(C(=O)OCC(=O)Nc3cccc(C)c3C)n(C)c(=O)c3ccccc23)cc1. The van der Waals surface area contributed by atoms with Crippen molar-refractivity contribution >= 4 is 28.3 Å². The van der Waals surface area contributed by atoms with Gasteiger partial charge in [0.1, 0.15) is 5.69 Å². The molecule has 0 radical (unpaired) electrons. The molecule has 1 aromatic heterocycles. The second kappa shape index (κ2) is 9.35. The molecular formula is C28H26N2O4. The van der Waals surface area contributed by atoms with Crippen LogP contribution in [0.5, 0.6) is 0 Å². The van der Waals surface area contributed by atoms with Crippen LogP contribution < -0.4 is 10.9 Å². The number of fused-ring (bicyclic) bond motifs is 1. The third-order valence-electron chi connectivity index (χ3n) is 6.05. The Bertz CT molecular complexity index is 1470. The van der Waals surface area contributed by atoms with Gasteiger partial charge < -0.3 is 14.6 Å². The number of esters is 1. The molecule has 1 heterocycles. The highest BCUT2D eigenvalue weighted by atomic mass is 16.5. The number of nitrogens with zero attached hydrogens (tertiary/aromatic N) is 1. The van der Waals surface area contributed by atoms with Crippen molar-refractivity contribution in [3.8, 4) is 11.1 Å². The van der Waals surface area contributed by atoms with Crippen LogP contribution in [-0.4, -0.2) is 23.1 Å². The van der Waals surface area contributed by atoms with E-state index in [4.69, 9.17) is 4.74 Å². The molecule has 0 atom stereocenters. The highest BCUT2D eigenvalue weighted by Gasteiger charge is 2.23. The Morgan fingerprint density at radius 2 is 1.56 bits per heavy atom. The lowest BCUT2D eigenvalue weighted by Crippen LogP contribution is -2.28. The number of aromatic nitrogens is 1. The van der Waals surface area contributed by atoms with Gasteiger partial charge in [0.05, 0.1) is 0 Å². The average Bonchev–Trinajstić information content (AvgIpc) is 2.83. The maximum atomic E-state index is 13.2. The zero-order valence-electron chi connectivity index (χ0n) is 19.6. The van der Waals surface area contributed by atoms with Gasteiger partial charge in [0.25, 0.3) is 11.5 Å². The number of carbonyl (C=O) groups is 2. The highest BCUT2D eigenvalue weighted by Crippen LogP contribution is 2.31. The molecule has 0 aliphatic carbocycles. The first-order valence-corrected chi connectivity index (χ1v) is 11.0. The van der Waals surface area contributed by atoms with Crippen LogP contribution in [-0.2, 0) is 16.6 Å². The molecule has 4 rings (SSSR count). The number of aryl methyl sites for hydroxylation is 2. The standard InChI is InChI=1S/C28H26N2O4/c1-17-12-14-20(15-13-17)25-21-9-5-6-10-22(21)27(32)30(4)26(25)28(33)34-16-24(31)29-23-11-7-8-18(2)19(23)3/h5-15H,16H2,1-4H3,(H,29,31). The van der Waals surface area contributed by atoms with Crippen LogP contribution in [0.15, 0.2) is 71.5 Å². The van der Waals surface area contributed by atoms with E-state index in [1.165, 1.54) is 4.57 Å². The second-order valence-corrected chi connectivity index (χ2v) is 8.37. The quantitative estimate of drug-likeness (QED) is 0.434. The van der Waals surface area contributed by atoms with Crippen molar-refractivity contribution < 1.29 is 14.3 Å². The molecule has 34 heavy (non-hydrogen) atoms. The summed E-state index contributed by atoms with van der Waals surface area (Å²) >= 11 is 0. The van der Waals surface area contributed by atoms with E-state index in [1.54, 1.807) is 25.2 Å². The van der Waals surface area contributed by atoms with Gasteiger partial charge in [0.15, 0.2) is 6.61 Å². The van der Waals surface area contributed by atoms with Gasteiger partial charge in [-0.2, -0.15) is 0 Å². The number of amides is 1. The molecule has 4 aromatic rings. The van der Waals surface area contributed by atoms with E-state index in [-0.39, 0.29) is 11.3 Å². The monoisotopic (exact) mass is 454 g/mol. The number of benzene rings is 3. The fourth-order valence-corrected chi connectivity index (χ4v) is 3.99. The molecule has 6 nitrogen and oxygen atoms in total. The topological polar surface area (TPSA) is 77.4 Å². The number of nitrogens with one attached hydrogen (secondary N) is 1. The van der Waals surface area contributed by atoms with Crippen molar-refractivity contribution in [1.29, 1.82) is 0 Å². The Morgan fingerprint density at radius 1 is 0.882 bits per heavy atom. The lowest BCUT2D eigenvalue weighted by Gasteiger charge is -2.17. The highest BCUT2D eigenvalue weighted by molar-refractivity contribution is 6.07. The molecular weight excluding hydrogens is 428 g/mol. The third-order valence-corrected chi connectivity index (χ3v) is 6.05. The van der Waals surface area contributed by atoms with Crippen LogP contribution in [0.4, 0.5) is 5.69 Å². The van der Waals surface area contributed by atoms with Gasteiger partial charge in [-0.25, -0.2) is 4.79 Å². The summed E-state index contributed by atoms with van der Waals surface area (Å²) in [6.45, 7) is 5.38. The fourth-order valence-electron chi connectivity index (χ4n) is 3.99. The number of hydrogen-bond acceptors (Lipinski definition) is 4. The van der Waals surface area contributed by atoms with E-state index in [1.807, 2.05) is 69.3 Å². The minimum Gasteiger partial charge on any atom is -0.451 e. The van der Waals surface area contributed by atoms with Gasteiger partial charge >= 0.3 is 5.97 Å². The van der Waals surface area contributed by atoms with Crippen molar-refractivity contribution in [2.24, 2.45) is 7.05 Å². The van der Waals surface area contributed by atoms with E-state index in [2.05, 4.69) is 5.32 Å². The number of ether oxygens (including phenoxy) is 1. The summed E-state index contributed by atoms with van der Waals surface area (Å²) in [5, 5.41) is 3.94. The van der Waals surface area contributed by atoms with Gasteiger partial charge in [0, 0.05) is 23.7 Å². The fraction of sp³-hybridized carbons (Fsp3) is 0.179. The molecule has 1 N–H and O–H groups in total. The van der Waals surface area contributed by atoms with Crippen molar-refractivity contribution in [2.45, 2.75) is 20.8 Å². The molecule has 0 aliphatic heterocycles. The van der Waals surface area contributed by atoms with Gasteiger partial charge in [-0.3, -0.25) is 9.59 Å². The normalized spacial score (nSPS) is 10.8. The van der Waals surface area contributed by atoms with Gasteiger partial charge in [-0.05, 0) is 55.0 Å². The van der Waals surface area contributed by atoms with Crippen LogP contribution in [0.1, 0.15) is 27.2 Å². The summed E-state index contributed by atoms with van der Waals surface area (Å²) < 4.78 is 6.69. The number of pyridine rings is 1. The van der Waals surface area contributed by atoms with E-state index in [0.717, 1.165) is 22.3 Å². The summed E-state index contributed by atoms with van der Waals surface area (Å²) in [5.74, 6) is -1.19. The Balaban J connectivity index is 1.70. The van der Waals surface area contributed by atoms with E-state index >= 15 is 0 Å². The second-order valence-electron chi connectivity index (χ2n) is 8.37. The summed E-state index contributed by atoms with van der Waals surface area (Å²) in [6.07, 6.45) is 0.